The van der Waals surface area contributed by atoms with Crippen LogP contribution >= 0.6 is 0 Å². The maximum Gasteiger partial charge on any atom is 0.0572 e. The summed E-state index contributed by atoms with van der Waals surface area (Å²) in [5, 5.41) is 12.8. The fourth-order valence-electron chi connectivity index (χ4n) is 2.69. The molecule has 1 fully saturated rings. The van der Waals surface area contributed by atoms with Crippen molar-refractivity contribution in [3.05, 3.63) is 24.0 Å². The smallest absolute Gasteiger partial charge is 0.0572 e. The number of aliphatic hydroxyl groups excluding tert-OH is 1. The molecule has 112 valence electrons. The van der Waals surface area contributed by atoms with Crippen LogP contribution in [0.3, 0.4) is 0 Å². The lowest BCUT2D eigenvalue weighted by molar-refractivity contribution is 0.0465. The van der Waals surface area contributed by atoms with Crippen molar-refractivity contribution in [2.75, 3.05) is 25.0 Å². The molecule has 1 heterocycles. The maximum atomic E-state index is 9.33. The minimum absolute atomic E-state index is 0.0700. The Morgan fingerprint density at radius 2 is 2.20 bits per heavy atom. The Kier molecular flexibility index (Phi) is 5.38. The van der Waals surface area contributed by atoms with Gasteiger partial charge in [0.25, 0.3) is 0 Å². The van der Waals surface area contributed by atoms with Crippen LogP contribution in [0, 0.1) is 5.92 Å². The van der Waals surface area contributed by atoms with Gasteiger partial charge in [0.05, 0.1) is 23.7 Å². The predicted octanol–water partition coefficient (Wildman–Crippen LogP) is 2.35. The Morgan fingerprint density at radius 3 is 2.75 bits per heavy atom. The molecule has 1 aliphatic rings. The van der Waals surface area contributed by atoms with Gasteiger partial charge in [-0.25, -0.2) is 0 Å². The van der Waals surface area contributed by atoms with Gasteiger partial charge < -0.3 is 15.3 Å². The van der Waals surface area contributed by atoms with Crippen molar-refractivity contribution in [2.45, 2.75) is 45.3 Å². The summed E-state index contributed by atoms with van der Waals surface area (Å²) in [6, 6.07) is 4.55. The summed E-state index contributed by atoms with van der Waals surface area (Å²) in [5.41, 5.74) is 2.24. The number of nitrogens with one attached hydrogen (secondary N) is 1. The first kappa shape index (κ1) is 15.3. The molecule has 4 heteroatoms. The Labute approximate surface area is 122 Å². The van der Waals surface area contributed by atoms with E-state index in [1.165, 1.54) is 0 Å². The first-order valence-corrected chi connectivity index (χ1v) is 7.68. The van der Waals surface area contributed by atoms with Gasteiger partial charge in [0, 0.05) is 19.6 Å². The third kappa shape index (κ3) is 3.93. The van der Waals surface area contributed by atoms with E-state index in [1.54, 1.807) is 0 Å². The Bertz CT molecular complexity index is 401. The van der Waals surface area contributed by atoms with Crippen molar-refractivity contribution in [1.29, 1.82) is 0 Å². The molecule has 2 rings (SSSR count). The van der Waals surface area contributed by atoms with Crippen molar-refractivity contribution in [1.82, 2.24) is 10.3 Å². The Morgan fingerprint density at radius 1 is 1.45 bits per heavy atom. The lowest BCUT2D eigenvalue weighted by Crippen LogP contribution is -2.37. The molecule has 0 bridgehead atoms. The molecule has 0 aliphatic heterocycles. The molecule has 1 unspecified atom stereocenters. The highest BCUT2D eigenvalue weighted by atomic mass is 16.3. The van der Waals surface area contributed by atoms with E-state index in [0.29, 0.717) is 12.0 Å². The first-order valence-electron chi connectivity index (χ1n) is 7.68. The Hall–Kier alpha value is -1.13. The van der Waals surface area contributed by atoms with Crippen LogP contribution in [0.25, 0.3) is 0 Å². The molecule has 0 radical (unpaired) electrons. The van der Waals surface area contributed by atoms with Crippen molar-refractivity contribution < 1.29 is 5.11 Å². The van der Waals surface area contributed by atoms with Gasteiger partial charge in [-0.1, -0.05) is 6.92 Å². The SMILES string of the molecule is CCCNC(C)c1ccc(N(C)CC2CC(O)C2)cn1. The van der Waals surface area contributed by atoms with E-state index >= 15 is 0 Å². The lowest BCUT2D eigenvalue weighted by Gasteiger charge is -2.35. The van der Waals surface area contributed by atoms with Gasteiger partial charge in [0.2, 0.25) is 0 Å². The van der Waals surface area contributed by atoms with Gasteiger partial charge in [-0.15, -0.1) is 0 Å². The van der Waals surface area contributed by atoms with Crippen molar-refractivity contribution in [3.63, 3.8) is 0 Å². The summed E-state index contributed by atoms with van der Waals surface area (Å²) >= 11 is 0. The molecule has 1 atom stereocenters. The van der Waals surface area contributed by atoms with Crippen molar-refractivity contribution in [2.24, 2.45) is 5.92 Å². The molecule has 0 aromatic carbocycles. The molecule has 1 aliphatic carbocycles. The molecule has 0 saturated heterocycles. The fraction of sp³-hybridized carbons (Fsp3) is 0.688. The quantitative estimate of drug-likeness (QED) is 0.803. The molecule has 0 amide bonds. The second kappa shape index (κ2) is 7.04. The van der Waals surface area contributed by atoms with Crippen LogP contribution in [-0.2, 0) is 0 Å². The summed E-state index contributed by atoms with van der Waals surface area (Å²) in [5.74, 6) is 0.625. The maximum absolute atomic E-state index is 9.33. The van der Waals surface area contributed by atoms with Crippen LogP contribution in [0.4, 0.5) is 5.69 Å². The monoisotopic (exact) mass is 277 g/mol. The minimum Gasteiger partial charge on any atom is -0.393 e. The summed E-state index contributed by atoms with van der Waals surface area (Å²) < 4.78 is 0. The molecular formula is C16H27N3O. The zero-order valence-corrected chi connectivity index (χ0v) is 12.8. The third-order valence-corrected chi connectivity index (χ3v) is 4.10. The van der Waals surface area contributed by atoms with E-state index in [9.17, 15) is 5.11 Å². The van der Waals surface area contributed by atoms with Gasteiger partial charge in [-0.2, -0.15) is 0 Å². The standard InChI is InChI=1S/C16H27N3O/c1-4-7-17-12(2)16-6-5-14(10-18-16)19(3)11-13-8-15(20)9-13/h5-6,10,12-13,15,17,20H,4,7-9,11H2,1-3H3. The number of pyridine rings is 1. The number of hydrogen-bond donors (Lipinski definition) is 2. The van der Waals surface area contributed by atoms with Gasteiger partial charge in [0.15, 0.2) is 0 Å². The third-order valence-electron chi connectivity index (χ3n) is 4.10. The number of nitrogens with zero attached hydrogens (tertiary/aromatic N) is 2. The molecule has 1 aromatic rings. The predicted molar refractivity (Wildman–Crippen MR) is 82.9 cm³/mol. The largest absolute Gasteiger partial charge is 0.393 e. The van der Waals surface area contributed by atoms with E-state index in [2.05, 4.69) is 48.2 Å². The van der Waals surface area contributed by atoms with Crippen LogP contribution < -0.4 is 10.2 Å². The normalized spacial score (nSPS) is 23.2. The lowest BCUT2D eigenvalue weighted by atomic mass is 9.82. The molecular weight excluding hydrogens is 250 g/mol. The summed E-state index contributed by atoms with van der Waals surface area (Å²) in [4.78, 5) is 6.80. The highest BCUT2D eigenvalue weighted by Gasteiger charge is 2.28. The molecule has 0 spiro atoms. The second-order valence-corrected chi connectivity index (χ2v) is 5.99. The van der Waals surface area contributed by atoms with E-state index in [4.69, 9.17) is 0 Å². The summed E-state index contributed by atoms with van der Waals surface area (Å²) in [6.07, 6.45) is 4.90. The molecule has 2 N–H and O–H groups in total. The molecule has 4 nitrogen and oxygen atoms in total. The second-order valence-electron chi connectivity index (χ2n) is 5.99. The van der Waals surface area contributed by atoms with Gasteiger partial charge >= 0.3 is 0 Å². The molecule has 1 aromatic heterocycles. The van der Waals surface area contributed by atoms with E-state index in [0.717, 1.165) is 43.7 Å². The Balaban J connectivity index is 1.86. The van der Waals surface area contributed by atoms with Crippen LogP contribution in [0.1, 0.15) is 44.8 Å². The minimum atomic E-state index is -0.0700. The van der Waals surface area contributed by atoms with Gasteiger partial charge in [-0.05, 0) is 50.8 Å². The first-order chi connectivity index (χ1) is 9.60. The zero-order chi connectivity index (χ0) is 14.5. The van der Waals surface area contributed by atoms with Crippen molar-refractivity contribution in [3.8, 4) is 0 Å². The summed E-state index contributed by atoms with van der Waals surface area (Å²) in [6.45, 7) is 6.34. The molecule has 1 saturated carbocycles. The topological polar surface area (TPSA) is 48.4 Å². The number of aromatic nitrogens is 1. The van der Waals surface area contributed by atoms with Crippen LogP contribution in [-0.4, -0.2) is 36.3 Å². The average Bonchev–Trinajstić information content (AvgIpc) is 2.43. The van der Waals surface area contributed by atoms with Crippen LogP contribution in [0.15, 0.2) is 18.3 Å². The van der Waals surface area contributed by atoms with Crippen molar-refractivity contribution >= 4 is 5.69 Å². The fourth-order valence-corrected chi connectivity index (χ4v) is 2.69. The van der Waals surface area contributed by atoms with Crippen LogP contribution in [0.5, 0.6) is 0 Å². The number of hydrogen-bond acceptors (Lipinski definition) is 4. The van der Waals surface area contributed by atoms with Gasteiger partial charge in [0.1, 0.15) is 0 Å². The highest BCUT2D eigenvalue weighted by Crippen LogP contribution is 2.29. The van der Waals surface area contributed by atoms with Crippen LogP contribution in [0.2, 0.25) is 0 Å². The summed E-state index contributed by atoms with van der Waals surface area (Å²) in [7, 11) is 2.10. The van der Waals surface area contributed by atoms with E-state index in [-0.39, 0.29) is 6.10 Å². The number of anilines is 1. The van der Waals surface area contributed by atoms with E-state index in [1.807, 2.05) is 6.20 Å². The molecule has 20 heavy (non-hydrogen) atoms. The zero-order valence-electron chi connectivity index (χ0n) is 12.8. The average molecular weight is 277 g/mol. The number of aliphatic hydroxyl groups is 1. The highest BCUT2D eigenvalue weighted by molar-refractivity contribution is 5.44. The van der Waals surface area contributed by atoms with Gasteiger partial charge in [-0.3, -0.25) is 4.98 Å². The number of rotatable bonds is 7. The van der Waals surface area contributed by atoms with E-state index < -0.39 is 0 Å².